The van der Waals surface area contributed by atoms with E-state index in [-0.39, 0.29) is 30.1 Å². The minimum absolute atomic E-state index is 0.0611. The van der Waals surface area contributed by atoms with Gasteiger partial charge in [0.25, 0.3) is 5.91 Å². The molecule has 2 aromatic carbocycles. The number of hydrogen-bond acceptors (Lipinski definition) is 6. The van der Waals surface area contributed by atoms with Gasteiger partial charge < -0.3 is 19.3 Å². The smallest absolute Gasteiger partial charge is 0.258 e. The molecule has 1 aliphatic rings. The molecule has 0 radical (unpaired) electrons. The van der Waals surface area contributed by atoms with Crippen molar-refractivity contribution in [3.05, 3.63) is 70.3 Å². The average molecular weight is 470 g/mol. The summed E-state index contributed by atoms with van der Waals surface area (Å²) < 4.78 is 16.8. The van der Waals surface area contributed by atoms with E-state index in [9.17, 15) is 4.79 Å². The number of nitrogens with one attached hydrogen (secondary N) is 1. The van der Waals surface area contributed by atoms with Crippen molar-refractivity contribution < 1.29 is 18.8 Å². The van der Waals surface area contributed by atoms with Crippen molar-refractivity contribution in [3.63, 3.8) is 0 Å². The van der Waals surface area contributed by atoms with E-state index in [1.807, 2.05) is 51.1 Å². The number of amides is 1. The summed E-state index contributed by atoms with van der Waals surface area (Å²) in [6, 6.07) is 13.1. The van der Waals surface area contributed by atoms with E-state index >= 15 is 0 Å². The van der Waals surface area contributed by atoms with Crippen LogP contribution in [0, 0.1) is 13.8 Å². The second-order valence-electron chi connectivity index (χ2n) is 9.34. The molecule has 0 atom stereocenters. The third-order valence-electron chi connectivity index (χ3n) is 5.87. The van der Waals surface area contributed by atoms with Gasteiger partial charge in [0.1, 0.15) is 11.5 Å². The predicted molar refractivity (Wildman–Crippen MR) is 125 cm³/mol. The molecule has 0 bridgehead atoms. The first-order chi connectivity index (χ1) is 15.6. The highest BCUT2D eigenvalue weighted by atomic mass is 35.5. The molecule has 8 heteroatoms. The molecular formula is C25H28ClN3O4. The number of rotatable bonds is 8. The molecule has 0 spiro atoms. The van der Waals surface area contributed by atoms with Crippen LogP contribution in [0.1, 0.15) is 49.5 Å². The summed E-state index contributed by atoms with van der Waals surface area (Å²) in [6.07, 6.45) is 1.37. The van der Waals surface area contributed by atoms with E-state index in [1.54, 1.807) is 12.1 Å². The van der Waals surface area contributed by atoms with Gasteiger partial charge in [0, 0.05) is 10.6 Å². The Morgan fingerprint density at radius 2 is 1.79 bits per heavy atom. The van der Waals surface area contributed by atoms with E-state index in [4.69, 9.17) is 25.6 Å². The van der Waals surface area contributed by atoms with E-state index < -0.39 is 0 Å². The maximum Gasteiger partial charge on any atom is 0.258 e. The second kappa shape index (κ2) is 9.06. The molecule has 7 nitrogen and oxygen atoms in total. The normalized spacial score (nSPS) is 21.8. The number of ether oxygens (including phenoxy) is 2. The largest absolute Gasteiger partial charge is 0.485 e. The van der Waals surface area contributed by atoms with Gasteiger partial charge in [0.2, 0.25) is 11.7 Å². The first kappa shape index (κ1) is 23.1. The van der Waals surface area contributed by atoms with Crippen LogP contribution in [-0.4, -0.2) is 28.2 Å². The predicted octanol–water partition coefficient (Wildman–Crippen LogP) is 4.92. The first-order valence-corrected chi connectivity index (χ1v) is 11.2. The number of aryl methyl sites for hydroxylation is 2. The van der Waals surface area contributed by atoms with Crippen LogP contribution in [0.25, 0.3) is 0 Å². The lowest BCUT2D eigenvalue weighted by Crippen LogP contribution is -2.61. The van der Waals surface area contributed by atoms with Crippen LogP contribution in [0.3, 0.4) is 0 Å². The SMILES string of the molecule is Cc1ccc(OCc2noc(C3(C)CC(C)(NC(=O)COc4ccc(Cl)c(C)c4)C3)n2)cc1. The summed E-state index contributed by atoms with van der Waals surface area (Å²) in [7, 11) is 0. The Kier molecular flexibility index (Phi) is 6.34. The summed E-state index contributed by atoms with van der Waals surface area (Å²) in [4.78, 5) is 17.0. The number of halogens is 1. The van der Waals surface area contributed by atoms with Gasteiger partial charge in [-0.2, -0.15) is 4.98 Å². The Morgan fingerprint density at radius 3 is 2.48 bits per heavy atom. The molecule has 1 heterocycles. The molecule has 1 aliphatic carbocycles. The minimum Gasteiger partial charge on any atom is -0.485 e. The number of hydrogen-bond donors (Lipinski definition) is 1. The highest BCUT2D eigenvalue weighted by Crippen LogP contribution is 2.49. The van der Waals surface area contributed by atoms with Crippen molar-refractivity contribution in [1.29, 1.82) is 0 Å². The number of benzene rings is 2. The van der Waals surface area contributed by atoms with Crippen LogP contribution in [0.15, 0.2) is 47.0 Å². The van der Waals surface area contributed by atoms with Gasteiger partial charge in [-0.3, -0.25) is 4.79 Å². The van der Waals surface area contributed by atoms with Gasteiger partial charge in [-0.05, 0) is 69.5 Å². The summed E-state index contributed by atoms with van der Waals surface area (Å²) in [5.74, 6) is 2.25. The minimum atomic E-state index is -0.363. The summed E-state index contributed by atoms with van der Waals surface area (Å²) >= 11 is 6.03. The van der Waals surface area contributed by atoms with Crippen LogP contribution in [0.4, 0.5) is 0 Å². The Hall–Kier alpha value is -3.06. The monoisotopic (exact) mass is 469 g/mol. The van der Waals surface area contributed by atoms with Gasteiger partial charge in [-0.1, -0.05) is 41.4 Å². The van der Waals surface area contributed by atoms with Gasteiger partial charge in [0.15, 0.2) is 13.2 Å². The molecule has 0 aliphatic heterocycles. The Labute approximate surface area is 198 Å². The highest BCUT2D eigenvalue weighted by Gasteiger charge is 2.53. The fraction of sp³-hybridized carbons (Fsp3) is 0.400. The van der Waals surface area contributed by atoms with Crippen molar-refractivity contribution in [2.45, 2.75) is 58.1 Å². The molecule has 1 fully saturated rings. The average Bonchev–Trinajstić information content (AvgIpc) is 3.23. The Balaban J connectivity index is 1.27. The number of nitrogens with zero attached hydrogens (tertiary/aromatic N) is 2. The fourth-order valence-electron chi connectivity index (χ4n) is 4.48. The quantitative estimate of drug-likeness (QED) is 0.503. The highest BCUT2D eigenvalue weighted by molar-refractivity contribution is 6.31. The van der Waals surface area contributed by atoms with Crippen LogP contribution in [-0.2, 0) is 16.8 Å². The van der Waals surface area contributed by atoms with Crippen molar-refractivity contribution in [2.24, 2.45) is 0 Å². The van der Waals surface area contributed by atoms with E-state index in [0.717, 1.165) is 11.3 Å². The van der Waals surface area contributed by atoms with Crippen molar-refractivity contribution in [2.75, 3.05) is 6.61 Å². The second-order valence-corrected chi connectivity index (χ2v) is 9.75. The molecule has 3 aromatic rings. The molecule has 1 aromatic heterocycles. The summed E-state index contributed by atoms with van der Waals surface area (Å²) in [6.45, 7) is 8.16. The lowest BCUT2D eigenvalue weighted by Gasteiger charge is -2.51. The molecule has 1 amide bonds. The lowest BCUT2D eigenvalue weighted by atomic mass is 9.59. The molecule has 4 rings (SSSR count). The zero-order chi connectivity index (χ0) is 23.6. The zero-order valence-electron chi connectivity index (χ0n) is 19.3. The molecule has 1 N–H and O–H groups in total. The fourth-order valence-corrected chi connectivity index (χ4v) is 4.60. The van der Waals surface area contributed by atoms with E-state index in [1.165, 1.54) is 5.56 Å². The Bertz CT molecular complexity index is 1140. The van der Waals surface area contributed by atoms with Gasteiger partial charge >= 0.3 is 0 Å². The van der Waals surface area contributed by atoms with Crippen LogP contribution < -0.4 is 14.8 Å². The molecule has 174 valence electrons. The topological polar surface area (TPSA) is 86.5 Å². The molecular weight excluding hydrogens is 442 g/mol. The number of carbonyl (C=O) groups excluding carboxylic acids is 1. The molecule has 33 heavy (non-hydrogen) atoms. The van der Waals surface area contributed by atoms with Gasteiger partial charge in [0.05, 0.1) is 5.41 Å². The number of carbonyl (C=O) groups is 1. The van der Waals surface area contributed by atoms with Crippen LogP contribution in [0.2, 0.25) is 5.02 Å². The summed E-state index contributed by atoms with van der Waals surface area (Å²) in [5, 5.41) is 7.79. The maximum absolute atomic E-state index is 12.4. The van der Waals surface area contributed by atoms with E-state index in [0.29, 0.717) is 35.3 Å². The third-order valence-corrected chi connectivity index (χ3v) is 6.30. The zero-order valence-corrected chi connectivity index (χ0v) is 20.0. The number of aromatic nitrogens is 2. The first-order valence-electron chi connectivity index (χ1n) is 10.9. The van der Waals surface area contributed by atoms with Gasteiger partial charge in [-0.25, -0.2) is 0 Å². The van der Waals surface area contributed by atoms with E-state index in [2.05, 4.69) is 22.4 Å². The van der Waals surface area contributed by atoms with Crippen molar-refractivity contribution in [3.8, 4) is 11.5 Å². The van der Waals surface area contributed by atoms with Crippen LogP contribution >= 0.6 is 11.6 Å². The molecule has 0 unspecified atom stereocenters. The standard InChI is InChI=1S/C25H28ClN3O4/c1-16-5-7-18(8-6-16)31-12-21-27-23(33-29-21)24(3)14-25(4,15-24)28-22(30)13-32-19-9-10-20(26)17(2)11-19/h5-11H,12-15H2,1-4H3,(H,28,30). The maximum atomic E-state index is 12.4. The third kappa shape index (κ3) is 5.47. The van der Waals surface area contributed by atoms with Crippen LogP contribution in [0.5, 0.6) is 11.5 Å². The van der Waals surface area contributed by atoms with Crippen molar-refractivity contribution in [1.82, 2.24) is 15.5 Å². The molecule has 0 saturated heterocycles. The molecule has 1 saturated carbocycles. The Morgan fingerprint density at radius 1 is 1.09 bits per heavy atom. The lowest BCUT2D eigenvalue weighted by molar-refractivity contribution is -0.127. The summed E-state index contributed by atoms with van der Waals surface area (Å²) in [5.41, 5.74) is 1.41. The van der Waals surface area contributed by atoms with Crippen molar-refractivity contribution >= 4 is 17.5 Å². The van der Waals surface area contributed by atoms with Gasteiger partial charge in [-0.15, -0.1) is 0 Å².